The first-order chi connectivity index (χ1) is 11.2. The van der Waals surface area contributed by atoms with Crippen LogP contribution >= 0.6 is 0 Å². The molecule has 2 aromatic rings. The average Bonchev–Trinajstić information content (AvgIpc) is 2.62. The average molecular weight is 312 g/mol. The summed E-state index contributed by atoms with van der Waals surface area (Å²) >= 11 is 0. The number of amides is 1. The van der Waals surface area contributed by atoms with E-state index < -0.39 is 0 Å². The molecular weight excluding hydrogens is 295 g/mol. The molecule has 0 atom stereocenters. The first kappa shape index (κ1) is 15.1. The fourth-order valence-corrected chi connectivity index (χ4v) is 2.46. The zero-order valence-electron chi connectivity index (χ0n) is 12.6. The van der Waals surface area contributed by atoms with Crippen molar-refractivity contribution in [2.75, 3.05) is 31.1 Å². The van der Waals surface area contributed by atoms with E-state index in [0.29, 0.717) is 13.1 Å². The molecule has 0 saturated carbocycles. The molecule has 0 N–H and O–H groups in total. The third-order valence-electron chi connectivity index (χ3n) is 3.75. The summed E-state index contributed by atoms with van der Waals surface area (Å²) in [6, 6.07) is 6.05. The number of nitrogens with zero attached hydrogens (tertiary/aromatic N) is 4. The van der Waals surface area contributed by atoms with Gasteiger partial charge >= 0.3 is 0 Å². The van der Waals surface area contributed by atoms with Gasteiger partial charge in [0.05, 0.1) is 6.20 Å². The minimum Gasteiger partial charge on any atom is -0.352 e. The van der Waals surface area contributed by atoms with Crippen molar-refractivity contribution in [2.45, 2.75) is 0 Å². The third kappa shape index (κ3) is 3.91. The van der Waals surface area contributed by atoms with Crippen molar-refractivity contribution in [1.29, 1.82) is 0 Å². The molecule has 1 aromatic carbocycles. The van der Waals surface area contributed by atoms with Gasteiger partial charge in [-0.25, -0.2) is 9.37 Å². The van der Waals surface area contributed by atoms with Gasteiger partial charge in [0.15, 0.2) is 0 Å². The van der Waals surface area contributed by atoms with Crippen LogP contribution in [-0.4, -0.2) is 47.0 Å². The summed E-state index contributed by atoms with van der Waals surface area (Å²) in [5.41, 5.74) is 0.804. The van der Waals surface area contributed by atoms with Crippen LogP contribution in [0.25, 0.3) is 6.08 Å². The van der Waals surface area contributed by atoms with Crippen molar-refractivity contribution in [1.82, 2.24) is 14.9 Å². The van der Waals surface area contributed by atoms with Crippen LogP contribution in [-0.2, 0) is 4.79 Å². The molecule has 5 nitrogen and oxygen atoms in total. The Kier molecular flexibility index (Phi) is 4.61. The van der Waals surface area contributed by atoms with Crippen molar-refractivity contribution in [3.05, 3.63) is 60.3 Å². The Bertz CT molecular complexity index is 679. The van der Waals surface area contributed by atoms with E-state index in [1.165, 1.54) is 18.2 Å². The van der Waals surface area contributed by atoms with Crippen molar-refractivity contribution < 1.29 is 9.18 Å². The molecule has 1 saturated heterocycles. The number of aromatic nitrogens is 2. The molecule has 1 aliphatic heterocycles. The molecule has 1 aliphatic rings. The summed E-state index contributed by atoms with van der Waals surface area (Å²) in [6.45, 7) is 2.75. The Morgan fingerprint density at radius 2 is 1.83 bits per heavy atom. The molecule has 6 heteroatoms. The number of carbonyl (C=O) groups excluding carboxylic acids is 1. The standard InChI is InChI=1S/C17H17FN4O/c18-15-4-1-14(2-5-15)3-6-17(23)22-11-9-21(10-12-22)16-13-19-7-8-20-16/h1-8,13H,9-12H2. The van der Waals surface area contributed by atoms with E-state index in [-0.39, 0.29) is 11.7 Å². The van der Waals surface area contributed by atoms with Crippen molar-refractivity contribution in [3.8, 4) is 0 Å². The number of rotatable bonds is 3. The predicted molar refractivity (Wildman–Crippen MR) is 86.3 cm³/mol. The number of halogens is 1. The molecule has 1 amide bonds. The topological polar surface area (TPSA) is 49.3 Å². The normalized spacial score (nSPS) is 15.2. The lowest BCUT2D eigenvalue weighted by molar-refractivity contribution is -0.126. The number of benzene rings is 1. The molecule has 2 heterocycles. The van der Waals surface area contributed by atoms with E-state index in [9.17, 15) is 9.18 Å². The molecule has 0 aliphatic carbocycles. The van der Waals surface area contributed by atoms with E-state index in [0.717, 1.165) is 24.5 Å². The Hall–Kier alpha value is -2.76. The highest BCUT2D eigenvalue weighted by Gasteiger charge is 2.20. The number of piperazine rings is 1. The molecule has 0 spiro atoms. The second-order valence-electron chi connectivity index (χ2n) is 5.26. The lowest BCUT2D eigenvalue weighted by Gasteiger charge is -2.34. The highest BCUT2D eigenvalue weighted by molar-refractivity contribution is 5.91. The van der Waals surface area contributed by atoms with Gasteiger partial charge in [0.2, 0.25) is 5.91 Å². The van der Waals surface area contributed by atoms with Gasteiger partial charge in [-0.1, -0.05) is 12.1 Å². The maximum absolute atomic E-state index is 12.8. The number of hydrogen-bond donors (Lipinski definition) is 0. The van der Waals surface area contributed by atoms with Crippen molar-refractivity contribution in [2.24, 2.45) is 0 Å². The van der Waals surface area contributed by atoms with Crippen LogP contribution in [0.1, 0.15) is 5.56 Å². The van der Waals surface area contributed by atoms with Gasteiger partial charge in [0.25, 0.3) is 0 Å². The molecular formula is C17H17FN4O. The van der Waals surface area contributed by atoms with Gasteiger partial charge in [-0.15, -0.1) is 0 Å². The fraction of sp³-hybridized carbons (Fsp3) is 0.235. The van der Waals surface area contributed by atoms with Crippen molar-refractivity contribution >= 4 is 17.8 Å². The SMILES string of the molecule is O=C(C=Cc1ccc(F)cc1)N1CCN(c2cnccn2)CC1. The summed E-state index contributed by atoms with van der Waals surface area (Å²) in [7, 11) is 0. The lowest BCUT2D eigenvalue weighted by Crippen LogP contribution is -2.48. The van der Waals surface area contributed by atoms with E-state index in [4.69, 9.17) is 0 Å². The van der Waals surface area contributed by atoms with Crippen LogP contribution in [0.5, 0.6) is 0 Å². The zero-order chi connectivity index (χ0) is 16.1. The van der Waals surface area contributed by atoms with E-state index >= 15 is 0 Å². The third-order valence-corrected chi connectivity index (χ3v) is 3.75. The molecule has 0 radical (unpaired) electrons. The molecule has 1 fully saturated rings. The number of anilines is 1. The Labute approximate surface area is 134 Å². The van der Waals surface area contributed by atoms with Crippen LogP contribution in [0.3, 0.4) is 0 Å². The minimum absolute atomic E-state index is 0.0341. The van der Waals surface area contributed by atoms with Crippen LogP contribution < -0.4 is 4.90 Å². The molecule has 0 unspecified atom stereocenters. The Morgan fingerprint density at radius 3 is 2.48 bits per heavy atom. The molecule has 0 bridgehead atoms. The van der Waals surface area contributed by atoms with Crippen LogP contribution in [0.2, 0.25) is 0 Å². The summed E-state index contributed by atoms with van der Waals surface area (Å²) in [5.74, 6) is 0.517. The first-order valence-electron chi connectivity index (χ1n) is 7.46. The highest BCUT2D eigenvalue weighted by atomic mass is 19.1. The van der Waals surface area contributed by atoms with Crippen LogP contribution in [0.4, 0.5) is 10.2 Å². The minimum atomic E-state index is -0.284. The largest absolute Gasteiger partial charge is 0.352 e. The summed E-state index contributed by atoms with van der Waals surface area (Å²) in [5, 5.41) is 0. The summed E-state index contributed by atoms with van der Waals surface area (Å²) < 4.78 is 12.8. The van der Waals surface area contributed by atoms with Crippen LogP contribution in [0.15, 0.2) is 48.9 Å². The lowest BCUT2D eigenvalue weighted by atomic mass is 10.2. The van der Waals surface area contributed by atoms with E-state index in [1.807, 2.05) is 0 Å². The van der Waals surface area contributed by atoms with Crippen molar-refractivity contribution in [3.63, 3.8) is 0 Å². The maximum Gasteiger partial charge on any atom is 0.246 e. The summed E-state index contributed by atoms with van der Waals surface area (Å²) in [4.78, 5) is 24.4. The molecule has 3 rings (SSSR count). The second-order valence-corrected chi connectivity index (χ2v) is 5.26. The van der Waals surface area contributed by atoms with Gasteiger partial charge in [0.1, 0.15) is 11.6 Å². The van der Waals surface area contributed by atoms with E-state index in [1.54, 1.807) is 41.7 Å². The molecule has 23 heavy (non-hydrogen) atoms. The quantitative estimate of drug-likeness (QED) is 0.813. The monoisotopic (exact) mass is 312 g/mol. The first-order valence-corrected chi connectivity index (χ1v) is 7.46. The number of carbonyl (C=O) groups is 1. The second kappa shape index (κ2) is 7.00. The maximum atomic E-state index is 12.8. The zero-order valence-corrected chi connectivity index (χ0v) is 12.6. The highest BCUT2D eigenvalue weighted by Crippen LogP contribution is 2.12. The molecule has 118 valence electrons. The van der Waals surface area contributed by atoms with Gasteiger partial charge in [0, 0.05) is 44.6 Å². The van der Waals surface area contributed by atoms with Gasteiger partial charge in [-0.2, -0.15) is 0 Å². The van der Waals surface area contributed by atoms with Gasteiger partial charge in [-0.3, -0.25) is 9.78 Å². The molecule has 1 aromatic heterocycles. The van der Waals surface area contributed by atoms with E-state index in [2.05, 4.69) is 14.9 Å². The Morgan fingerprint density at radius 1 is 1.09 bits per heavy atom. The fourth-order valence-electron chi connectivity index (χ4n) is 2.46. The predicted octanol–water partition coefficient (Wildman–Crippen LogP) is 1.98. The van der Waals surface area contributed by atoms with Gasteiger partial charge in [-0.05, 0) is 23.8 Å². The van der Waals surface area contributed by atoms with Crippen LogP contribution in [0, 0.1) is 5.82 Å². The Balaban J connectivity index is 1.55. The van der Waals surface area contributed by atoms with Gasteiger partial charge < -0.3 is 9.80 Å². The number of hydrogen-bond acceptors (Lipinski definition) is 4. The smallest absolute Gasteiger partial charge is 0.246 e. The summed E-state index contributed by atoms with van der Waals surface area (Å²) in [6.07, 6.45) is 8.27.